The number of carbonyl (C=O) groups excluding carboxylic acids is 1. The molecule has 0 spiro atoms. The van der Waals surface area contributed by atoms with Crippen LogP contribution in [0.25, 0.3) is 5.78 Å². The molecule has 4 aromatic rings. The summed E-state index contributed by atoms with van der Waals surface area (Å²) < 4.78 is 1.60. The number of aromatic nitrogens is 4. The van der Waals surface area contributed by atoms with Gasteiger partial charge in [-0.1, -0.05) is 72.4 Å². The lowest BCUT2D eigenvalue weighted by Crippen LogP contribution is -2.35. The van der Waals surface area contributed by atoms with Crippen LogP contribution >= 0.6 is 11.8 Å². The third-order valence-electron chi connectivity index (χ3n) is 4.30. The van der Waals surface area contributed by atoms with Crippen molar-refractivity contribution in [2.45, 2.75) is 23.4 Å². The molecule has 0 radical (unpaired) electrons. The number of carbonyl (C=O) groups is 1. The van der Waals surface area contributed by atoms with E-state index in [0.29, 0.717) is 10.9 Å². The molecule has 6 nitrogen and oxygen atoms in total. The molecule has 0 aliphatic carbocycles. The largest absolute Gasteiger partial charge is 0.344 e. The van der Waals surface area contributed by atoms with E-state index in [9.17, 15) is 4.79 Å². The maximum atomic E-state index is 12.9. The number of fused-ring (bicyclic) bond motifs is 1. The molecule has 0 saturated carbocycles. The summed E-state index contributed by atoms with van der Waals surface area (Å²) in [5.74, 6) is 0.443. The average molecular weight is 389 g/mol. The van der Waals surface area contributed by atoms with Gasteiger partial charge in [0.25, 0.3) is 5.78 Å². The Morgan fingerprint density at radius 1 is 1.00 bits per heavy atom. The molecule has 1 unspecified atom stereocenters. The molecule has 2 aromatic heterocycles. The Bertz CT molecular complexity index is 995. The summed E-state index contributed by atoms with van der Waals surface area (Å²) in [6, 6.07) is 21.5. The van der Waals surface area contributed by atoms with Crippen LogP contribution in [0.1, 0.15) is 24.1 Å². The lowest BCUT2D eigenvalue weighted by atomic mass is 9.98. The van der Waals surface area contributed by atoms with Crippen molar-refractivity contribution in [1.82, 2.24) is 24.9 Å². The van der Waals surface area contributed by atoms with Gasteiger partial charge in [-0.25, -0.2) is 9.50 Å². The summed E-state index contributed by atoms with van der Waals surface area (Å²) in [4.78, 5) is 21.4. The lowest BCUT2D eigenvalue weighted by molar-refractivity contribution is -0.120. The third kappa shape index (κ3) is 4.04. The summed E-state index contributed by atoms with van der Waals surface area (Å²) in [5, 5.41) is 7.69. The fourth-order valence-corrected chi connectivity index (χ4v) is 3.65. The maximum Gasteiger partial charge on any atom is 0.253 e. The van der Waals surface area contributed by atoms with Crippen LogP contribution < -0.4 is 5.32 Å². The first-order valence-electron chi connectivity index (χ1n) is 8.95. The number of rotatable bonds is 6. The molecule has 0 aliphatic heterocycles. The van der Waals surface area contributed by atoms with Crippen molar-refractivity contribution in [2.75, 3.05) is 0 Å². The zero-order valence-electron chi connectivity index (χ0n) is 15.3. The van der Waals surface area contributed by atoms with Crippen LogP contribution in [-0.2, 0) is 4.79 Å². The number of thioether (sulfide) groups is 1. The van der Waals surface area contributed by atoms with Gasteiger partial charge < -0.3 is 5.32 Å². The fourth-order valence-electron chi connectivity index (χ4n) is 2.89. The number of amides is 1. The first-order valence-corrected chi connectivity index (χ1v) is 9.83. The Labute approximate surface area is 167 Å². The molecule has 0 fully saturated rings. The number of nitrogens with zero attached hydrogens (tertiary/aromatic N) is 4. The predicted molar refractivity (Wildman–Crippen MR) is 109 cm³/mol. The van der Waals surface area contributed by atoms with Crippen LogP contribution in [0, 0.1) is 0 Å². The molecule has 0 aliphatic rings. The first-order chi connectivity index (χ1) is 13.7. The van der Waals surface area contributed by atoms with Crippen molar-refractivity contribution in [3.05, 3.63) is 90.3 Å². The van der Waals surface area contributed by atoms with Crippen molar-refractivity contribution in [3.63, 3.8) is 0 Å². The number of hydrogen-bond acceptors (Lipinski definition) is 5. The summed E-state index contributed by atoms with van der Waals surface area (Å²) >= 11 is 1.31. The van der Waals surface area contributed by atoms with Crippen molar-refractivity contribution < 1.29 is 4.79 Å². The lowest BCUT2D eigenvalue weighted by Gasteiger charge is -2.21. The van der Waals surface area contributed by atoms with Gasteiger partial charge >= 0.3 is 0 Å². The molecule has 0 bridgehead atoms. The first kappa shape index (κ1) is 18.2. The smallest absolute Gasteiger partial charge is 0.253 e. The normalized spacial score (nSPS) is 12.2. The van der Waals surface area contributed by atoms with Crippen LogP contribution in [-0.4, -0.2) is 30.7 Å². The summed E-state index contributed by atoms with van der Waals surface area (Å²) in [5.41, 5.74) is 2.07. The molecular formula is C21H19N5OS. The monoisotopic (exact) mass is 389 g/mol. The summed E-state index contributed by atoms with van der Waals surface area (Å²) in [6.45, 7) is 1.85. The number of benzene rings is 2. The van der Waals surface area contributed by atoms with Gasteiger partial charge in [-0.15, -0.1) is 5.10 Å². The Kier molecular flexibility index (Phi) is 5.34. The molecule has 1 N–H and O–H groups in total. The molecule has 140 valence electrons. The highest BCUT2D eigenvalue weighted by atomic mass is 32.2. The van der Waals surface area contributed by atoms with E-state index >= 15 is 0 Å². The van der Waals surface area contributed by atoms with Crippen molar-refractivity contribution >= 4 is 23.4 Å². The molecule has 1 atom stereocenters. The second kappa shape index (κ2) is 8.22. The molecular weight excluding hydrogens is 370 g/mol. The van der Waals surface area contributed by atoms with E-state index in [1.54, 1.807) is 23.0 Å². The minimum atomic E-state index is -0.354. The highest BCUT2D eigenvalue weighted by Gasteiger charge is 2.22. The second-order valence-electron chi connectivity index (χ2n) is 6.28. The van der Waals surface area contributed by atoms with Gasteiger partial charge in [0, 0.05) is 12.4 Å². The van der Waals surface area contributed by atoms with Gasteiger partial charge in [0.2, 0.25) is 11.1 Å². The van der Waals surface area contributed by atoms with Gasteiger partial charge in [-0.3, -0.25) is 4.79 Å². The highest BCUT2D eigenvalue weighted by molar-refractivity contribution is 8.00. The quantitative estimate of drug-likeness (QED) is 0.511. The van der Waals surface area contributed by atoms with Crippen molar-refractivity contribution in [1.29, 1.82) is 0 Å². The Balaban J connectivity index is 1.52. The van der Waals surface area contributed by atoms with Gasteiger partial charge in [-0.05, 0) is 24.1 Å². The Hall–Kier alpha value is -3.19. The Morgan fingerprint density at radius 3 is 2.25 bits per heavy atom. The van der Waals surface area contributed by atoms with E-state index in [0.717, 1.165) is 11.1 Å². The zero-order chi connectivity index (χ0) is 19.3. The average Bonchev–Trinajstić information content (AvgIpc) is 3.15. The van der Waals surface area contributed by atoms with Gasteiger partial charge in [0.15, 0.2) is 0 Å². The Morgan fingerprint density at radius 2 is 1.64 bits per heavy atom. The fraction of sp³-hybridized carbons (Fsp3) is 0.143. The van der Waals surface area contributed by atoms with Crippen LogP contribution in [0.3, 0.4) is 0 Å². The number of hydrogen-bond donors (Lipinski definition) is 1. The molecule has 7 heteroatoms. The van der Waals surface area contributed by atoms with Gasteiger partial charge in [0.05, 0.1) is 11.3 Å². The molecule has 2 heterocycles. The predicted octanol–water partition coefficient (Wildman–Crippen LogP) is 3.51. The number of nitrogens with one attached hydrogen (secondary N) is 1. The topological polar surface area (TPSA) is 72.2 Å². The minimum absolute atomic E-state index is 0.0745. The molecule has 1 amide bonds. The standard InChI is InChI=1S/C21H19N5OS/c1-15(28-21-24-20-22-13-8-14-26(20)25-21)19(27)23-18(16-9-4-2-5-10-16)17-11-6-3-7-12-17/h2-15,18H,1H3,(H,23,27). The third-order valence-corrected chi connectivity index (χ3v) is 5.25. The van der Waals surface area contributed by atoms with E-state index in [1.807, 2.05) is 67.6 Å². The molecule has 28 heavy (non-hydrogen) atoms. The second-order valence-corrected chi connectivity index (χ2v) is 7.59. The van der Waals surface area contributed by atoms with Crippen LogP contribution in [0.2, 0.25) is 0 Å². The molecule has 0 saturated heterocycles. The van der Waals surface area contributed by atoms with E-state index in [2.05, 4.69) is 20.4 Å². The summed E-state index contributed by atoms with van der Waals surface area (Å²) in [7, 11) is 0. The van der Waals surface area contributed by atoms with E-state index < -0.39 is 0 Å². The van der Waals surface area contributed by atoms with Crippen LogP contribution in [0.4, 0.5) is 0 Å². The summed E-state index contributed by atoms with van der Waals surface area (Å²) in [6.07, 6.45) is 3.45. The maximum absolute atomic E-state index is 12.9. The highest BCUT2D eigenvalue weighted by Crippen LogP contribution is 2.25. The van der Waals surface area contributed by atoms with Crippen molar-refractivity contribution in [3.8, 4) is 0 Å². The van der Waals surface area contributed by atoms with E-state index in [1.165, 1.54) is 11.8 Å². The van der Waals surface area contributed by atoms with E-state index in [-0.39, 0.29) is 17.2 Å². The van der Waals surface area contributed by atoms with Crippen molar-refractivity contribution in [2.24, 2.45) is 0 Å². The zero-order valence-corrected chi connectivity index (χ0v) is 16.1. The SMILES string of the molecule is CC(Sc1nc2ncccn2n1)C(=O)NC(c1ccccc1)c1ccccc1. The minimum Gasteiger partial charge on any atom is -0.344 e. The molecule has 2 aromatic carbocycles. The van der Waals surface area contributed by atoms with Crippen LogP contribution in [0.15, 0.2) is 84.3 Å². The van der Waals surface area contributed by atoms with E-state index in [4.69, 9.17) is 0 Å². The van der Waals surface area contributed by atoms with Crippen LogP contribution in [0.5, 0.6) is 0 Å². The van der Waals surface area contributed by atoms with Gasteiger partial charge in [0.1, 0.15) is 0 Å². The van der Waals surface area contributed by atoms with Gasteiger partial charge in [-0.2, -0.15) is 4.98 Å². The molecule has 4 rings (SSSR count).